The van der Waals surface area contributed by atoms with E-state index >= 15 is 0 Å². The highest BCUT2D eigenvalue weighted by atomic mass is 32.2. The van der Waals surface area contributed by atoms with Gasteiger partial charge in [0.15, 0.2) is 5.60 Å². The number of carbonyl (C=O) groups is 1. The average Bonchev–Trinajstić information content (AvgIpc) is 2.77. The van der Waals surface area contributed by atoms with Gasteiger partial charge in [-0.3, -0.25) is 4.79 Å². The number of hydrogen-bond donors (Lipinski definition) is 0. The summed E-state index contributed by atoms with van der Waals surface area (Å²) in [6, 6.07) is 10.6. The Balaban J connectivity index is 2.19. The summed E-state index contributed by atoms with van der Waals surface area (Å²) in [5.74, 6) is -1.40. The second-order valence-electron chi connectivity index (χ2n) is 6.03. The molecule has 0 radical (unpaired) electrons. The molecule has 0 unspecified atom stereocenters. The first-order valence-electron chi connectivity index (χ1n) is 7.41. The molecule has 124 valence electrons. The molecule has 0 aromatic heterocycles. The molecule has 0 bridgehead atoms. The Hall–Kier alpha value is -2.14. The van der Waals surface area contributed by atoms with Crippen LogP contribution >= 0.6 is 11.8 Å². The zero-order valence-electron chi connectivity index (χ0n) is 13.5. The van der Waals surface area contributed by atoms with Crippen LogP contribution in [0.5, 0.6) is 0 Å². The molecule has 1 aliphatic heterocycles. The van der Waals surface area contributed by atoms with Crippen molar-refractivity contribution in [2.75, 3.05) is 6.26 Å². The van der Waals surface area contributed by atoms with Crippen LogP contribution in [0.25, 0.3) is 11.3 Å². The minimum absolute atomic E-state index is 0.187. The van der Waals surface area contributed by atoms with E-state index in [1.165, 1.54) is 0 Å². The third-order valence-corrected chi connectivity index (χ3v) is 4.61. The second kappa shape index (κ2) is 6.06. The summed E-state index contributed by atoms with van der Waals surface area (Å²) < 4.78 is 33.1. The van der Waals surface area contributed by atoms with Crippen LogP contribution in [0, 0.1) is 11.6 Å². The number of carbonyl (C=O) groups excluding carboxylic acids is 1. The van der Waals surface area contributed by atoms with Gasteiger partial charge in [0.1, 0.15) is 17.4 Å². The fourth-order valence-corrected chi connectivity index (χ4v) is 3.07. The maximum Gasteiger partial charge on any atom is 0.210 e. The van der Waals surface area contributed by atoms with Crippen LogP contribution in [-0.4, -0.2) is 17.6 Å². The number of ether oxygens (including phenoxy) is 1. The lowest BCUT2D eigenvalue weighted by molar-refractivity contribution is -0.125. The van der Waals surface area contributed by atoms with E-state index in [0.29, 0.717) is 11.3 Å². The van der Waals surface area contributed by atoms with Gasteiger partial charge in [0.05, 0.1) is 5.57 Å². The number of halogens is 2. The maximum absolute atomic E-state index is 13.6. The van der Waals surface area contributed by atoms with Crippen molar-refractivity contribution in [1.29, 1.82) is 0 Å². The van der Waals surface area contributed by atoms with Gasteiger partial charge in [0.2, 0.25) is 5.78 Å². The highest BCUT2D eigenvalue weighted by Crippen LogP contribution is 2.41. The van der Waals surface area contributed by atoms with Crippen LogP contribution in [0.15, 0.2) is 47.4 Å². The molecule has 0 saturated heterocycles. The maximum atomic E-state index is 13.6. The Morgan fingerprint density at radius 2 is 1.54 bits per heavy atom. The quantitative estimate of drug-likeness (QED) is 0.737. The van der Waals surface area contributed by atoms with E-state index in [0.717, 1.165) is 23.1 Å². The summed E-state index contributed by atoms with van der Waals surface area (Å²) in [7, 11) is 0. The molecule has 2 nitrogen and oxygen atoms in total. The Kier molecular flexibility index (Phi) is 4.22. The van der Waals surface area contributed by atoms with Crippen LogP contribution in [0.3, 0.4) is 0 Å². The SMILES string of the molecule is CSc1ccc(C2=C(c3cc(F)cc(F)c3)C(=O)C(C)(C)O2)cc1. The van der Waals surface area contributed by atoms with E-state index in [2.05, 4.69) is 0 Å². The first kappa shape index (κ1) is 16.7. The van der Waals surface area contributed by atoms with E-state index < -0.39 is 17.2 Å². The van der Waals surface area contributed by atoms with Gasteiger partial charge < -0.3 is 4.74 Å². The fraction of sp³-hybridized carbons (Fsp3) is 0.211. The van der Waals surface area contributed by atoms with Gasteiger partial charge in [0.25, 0.3) is 0 Å². The number of benzene rings is 2. The number of hydrogen-bond acceptors (Lipinski definition) is 3. The van der Waals surface area contributed by atoms with Crippen molar-refractivity contribution in [2.45, 2.75) is 24.3 Å². The molecule has 0 spiro atoms. The molecule has 0 amide bonds. The topological polar surface area (TPSA) is 26.3 Å². The molecule has 0 N–H and O–H groups in total. The van der Waals surface area contributed by atoms with Crippen molar-refractivity contribution in [2.24, 2.45) is 0 Å². The molecule has 24 heavy (non-hydrogen) atoms. The smallest absolute Gasteiger partial charge is 0.210 e. The van der Waals surface area contributed by atoms with Crippen LogP contribution in [0.1, 0.15) is 25.0 Å². The second-order valence-corrected chi connectivity index (χ2v) is 6.91. The summed E-state index contributed by atoms with van der Waals surface area (Å²) >= 11 is 1.60. The predicted octanol–water partition coefficient (Wildman–Crippen LogP) is 4.93. The lowest BCUT2D eigenvalue weighted by Crippen LogP contribution is -2.29. The first-order chi connectivity index (χ1) is 11.3. The number of thioether (sulfide) groups is 1. The van der Waals surface area contributed by atoms with Gasteiger partial charge in [-0.1, -0.05) is 12.1 Å². The number of Topliss-reactive ketones (excluding diaryl/α,β-unsaturated/α-hetero) is 1. The van der Waals surface area contributed by atoms with Gasteiger partial charge in [0, 0.05) is 16.5 Å². The van der Waals surface area contributed by atoms with Gasteiger partial charge in [-0.05, 0) is 49.9 Å². The largest absolute Gasteiger partial charge is 0.478 e. The zero-order valence-corrected chi connectivity index (χ0v) is 14.3. The number of ketones is 1. The van der Waals surface area contributed by atoms with E-state index in [1.54, 1.807) is 25.6 Å². The minimum atomic E-state index is -1.08. The molecule has 0 aliphatic carbocycles. The molecule has 1 heterocycles. The standard InChI is InChI=1S/C19H16F2O2S/c1-19(2)18(22)16(12-8-13(20)10-14(21)9-12)17(23-19)11-4-6-15(24-3)7-5-11/h4-10H,1-3H3. The molecule has 3 rings (SSSR count). The fourth-order valence-electron chi connectivity index (χ4n) is 2.66. The summed E-state index contributed by atoms with van der Waals surface area (Å²) in [6.07, 6.45) is 1.97. The molecule has 1 aliphatic rings. The van der Waals surface area contributed by atoms with Crippen molar-refractivity contribution in [3.8, 4) is 0 Å². The predicted molar refractivity (Wildman–Crippen MR) is 91.6 cm³/mol. The van der Waals surface area contributed by atoms with Crippen molar-refractivity contribution in [3.63, 3.8) is 0 Å². The third-order valence-electron chi connectivity index (χ3n) is 3.86. The Labute approximate surface area is 143 Å². The first-order valence-corrected chi connectivity index (χ1v) is 8.63. The summed E-state index contributed by atoms with van der Waals surface area (Å²) in [6.45, 7) is 3.29. The Bertz CT molecular complexity index is 819. The summed E-state index contributed by atoms with van der Waals surface area (Å²) in [5, 5.41) is 0. The summed E-state index contributed by atoms with van der Waals surface area (Å²) in [4.78, 5) is 13.8. The zero-order chi connectivity index (χ0) is 17.5. The van der Waals surface area contributed by atoms with Gasteiger partial charge in [-0.15, -0.1) is 11.8 Å². The highest BCUT2D eigenvalue weighted by molar-refractivity contribution is 7.98. The molecule has 0 saturated carbocycles. The minimum Gasteiger partial charge on any atom is -0.478 e. The van der Waals surface area contributed by atoms with Gasteiger partial charge in [-0.2, -0.15) is 0 Å². The molecule has 2 aromatic rings. The van der Waals surface area contributed by atoms with E-state index in [-0.39, 0.29) is 16.9 Å². The Morgan fingerprint density at radius 1 is 0.958 bits per heavy atom. The van der Waals surface area contributed by atoms with E-state index in [4.69, 9.17) is 4.74 Å². The monoisotopic (exact) mass is 346 g/mol. The molecule has 5 heteroatoms. The van der Waals surface area contributed by atoms with Crippen molar-refractivity contribution < 1.29 is 18.3 Å². The van der Waals surface area contributed by atoms with Crippen LogP contribution in [-0.2, 0) is 9.53 Å². The lowest BCUT2D eigenvalue weighted by Gasteiger charge is -2.17. The van der Waals surface area contributed by atoms with Crippen molar-refractivity contribution >= 4 is 28.9 Å². The highest BCUT2D eigenvalue weighted by Gasteiger charge is 2.43. The Morgan fingerprint density at radius 3 is 2.08 bits per heavy atom. The molecule has 2 aromatic carbocycles. The van der Waals surface area contributed by atoms with Crippen molar-refractivity contribution in [1.82, 2.24) is 0 Å². The van der Waals surface area contributed by atoms with Gasteiger partial charge >= 0.3 is 0 Å². The average molecular weight is 346 g/mol. The van der Waals surface area contributed by atoms with Crippen LogP contribution in [0.2, 0.25) is 0 Å². The van der Waals surface area contributed by atoms with E-state index in [9.17, 15) is 13.6 Å². The summed E-state index contributed by atoms with van der Waals surface area (Å²) in [5.41, 5.74) is 0.0137. The van der Waals surface area contributed by atoms with Gasteiger partial charge in [-0.25, -0.2) is 8.78 Å². The molecular weight excluding hydrogens is 330 g/mol. The third kappa shape index (κ3) is 2.96. The molecular formula is C19H16F2O2S. The molecule has 0 atom stereocenters. The lowest BCUT2D eigenvalue weighted by atomic mass is 9.92. The van der Waals surface area contributed by atoms with E-state index in [1.807, 2.05) is 30.5 Å². The number of rotatable bonds is 3. The molecule has 0 fully saturated rings. The van der Waals surface area contributed by atoms with Crippen LogP contribution < -0.4 is 0 Å². The van der Waals surface area contributed by atoms with Crippen molar-refractivity contribution in [3.05, 3.63) is 65.2 Å². The normalized spacial score (nSPS) is 16.5. The van der Waals surface area contributed by atoms with Crippen LogP contribution in [0.4, 0.5) is 8.78 Å².